The minimum atomic E-state index is -5.17. The molecule has 0 saturated carbocycles. The van der Waals surface area contributed by atoms with Gasteiger partial charge in [0.25, 0.3) is 0 Å². The first-order valence-corrected chi connectivity index (χ1v) is 5.89. The van der Waals surface area contributed by atoms with Crippen LogP contribution in [-0.2, 0) is 16.0 Å². The lowest BCUT2D eigenvalue weighted by molar-refractivity contribution is -0.175. The molecule has 2 rings (SSSR count). The number of fused-ring (bicyclic) bond motifs is 1. The molecule has 7 nitrogen and oxygen atoms in total. The second kappa shape index (κ2) is 5.54. The summed E-state index contributed by atoms with van der Waals surface area (Å²) in [6.07, 6.45) is -5.56. The maximum absolute atomic E-state index is 12.2. The summed E-state index contributed by atoms with van der Waals surface area (Å²) in [4.78, 5) is 35.1. The lowest BCUT2D eigenvalue weighted by Gasteiger charge is -2.15. The third-order valence-electron chi connectivity index (χ3n) is 2.78. The molecule has 118 valence electrons. The molecule has 1 amide bonds. The van der Waals surface area contributed by atoms with Gasteiger partial charge in [-0.25, -0.2) is 9.59 Å². The number of alkyl halides is 3. The van der Waals surface area contributed by atoms with Crippen molar-refractivity contribution in [3.05, 3.63) is 34.3 Å². The molecule has 0 aliphatic rings. The smallest absolute Gasteiger partial charge is 0.471 e. The van der Waals surface area contributed by atoms with E-state index in [9.17, 15) is 27.6 Å². The fraction of sp³-hybridized carbons (Fsp3) is 0.250. The fourth-order valence-electron chi connectivity index (χ4n) is 1.80. The van der Waals surface area contributed by atoms with Crippen molar-refractivity contribution in [2.75, 3.05) is 0 Å². The van der Waals surface area contributed by atoms with Gasteiger partial charge in [0.1, 0.15) is 6.04 Å². The van der Waals surface area contributed by atoms with Crippen molar-refractivity contribution >= 4 is 23.0 Å². The third kappa shape index (κ3) is 3.45. The van der Waals surface area contributed by atoms with Crippen molar-refractivity contribution in [2.45, 2.75) is 18.6 Å². The Balaban J connectivity index is 2.20. The number of carbonyl (C=O) groups is 2. The summed E-state index contributed by atoms with van der Waals surface area (Å²) in [5, 5.41) is 10.3. The number of oxazole rings is 1. The van der Waals surface area contributed by atoms with Crippen molar-refractivity contribution in [3.8, 4) is 0 Å². The van der Waals surface area contributed by atoms with Crippen LogP contribution in [0, 0.1) is 0 Å². The predicted molar refractivity (Wildman–Crippen MR) is 66.2 cm³/mol. The van der Waals surface area contributed by atoms with Gasteiger partial charge in [-0.2, -0.15) is 13.2 Å². The van der Waals surface area contributed by atoms with Crippen LogP contribution in [0.5, 0.6) is 0 Å². The SMILES string of the molecule is O=C(O)[C@H](Cc1ccc2oc(=O)[nH]c2c1)NC(=O)C(F)(F)F. The van der Waals surface area contributed by atoms with Crippen molar-refractivity contribution in [2.24, 2.45) is 0 Å². The summed E-state index contributed by atoms with van der Waals surface area (Å²) in [6.45, 7) is 0. The van der Waals surface area contributed by atoms with Gasteiger partial charge in [0, 0.05) is 6.42 Å². The number of amides is 1. The molecule has 0 saturated heterocycles. The molecule has 2 aromatic rings. The Labute approximate surface area is 119 Å². The number of carboxylic acid groups (broad SMARTS) is 1. The zero-order valence-electron chi connectivity index (χ0n) is 10.7. The number of carbonyl (C=O) groups excluding carboxylic acids is 1. The number of rotatable bonds is 4. The average Bonchev–Trinajstić information content (AvgIpc) is 2.75. The molecule has 0 unspecified atom stereocenters. The van der Waals surface area contributed by atoms with Crippen LogP contribution < -0.4 is 11.1 Å². The first-order chi connectivity index (χ1) is 10.2. The second-order valence-corrected chi connectivity index (χ2v) is 4.41. The van der Waals surface area contributed by atoms with E-state index in [0.29, 0.717) is 5.56 Å². The number of benzene rings is 1. The van der Waals surface area contributed by atoms with E-state index in [4.69, 9.17) is 9.52 Å². The lowest BCUT2D eigenvalue weighted by Crippen LogP contribution is -2.47. The first-order valence-electron chi connectivity index (χ1n) is 5.89. The summed E-state index contributed by atoms with van der Waals surface area (Å²) < 4.78 is 41.2. The topological polar surface area (TPSA) is 112 Å². The monoisotopic (exact) mass is 318 g/mol. The first kappa shape index (κ1) is 15.6. The van der Waals surface area contributed by atoms with Crippen LogP contribution >= 0.6 is 0 Å². The van der Waals surface area contributed by atoms with E-state index in [1.807, 2.05) is 0 Å². The Morgan fingerprint density at radius 1 is 1.36 bits per heavy atom. The van der Waals surface area contributed by atoms with Crippen LogP contribution in [0.1, 0.15) is 5.56 Å². The number of H-pyrrole nitrogens is 1. The molecule has 1 atom stereocenters. The van der Waals surface area contributed by atoms with Crippen molar-refractivity contribution in [1.82, 2.24) is 10.3 Å². The average molecular weight is 318 g/mol. The van der Waals surface area contributed by atoms with E-state index in [-0.39, 0.29) is 17.5 Å². The number of aromatic nitrogens is 1. The molecule has 0 aliphatic heterocycles. The minimum absolute atomic E-state index is 0.222. The van der Waals surface area contributed by atoms with Crippen LogP contribution in [0.4, 0.5) is 13.2 Å². The second-order valence-electron chi connectivity index (χ2n) is 4.41. The molecular weight excluding hydrogens is 309 g/mol. The third-order valence-corrected chi connectivity index (χ3v) is 2.78. The number of carboxylic acids is 1. The number of halogens is 3. The van der Waals surface area contributed by atoms with Gasteiger partial charge in [-0.3, -0.25) is 9.78 Å². The molecule has 0 bridgehead atoms. The summed E-state index contributed by atoms with van der Waals surface area (Å²) in [5.41, 5.74) is 0.799. The molecule has 0 radical (unpaired) electrons. The zero-order valence-corrected chi connectivity index (χ0v) is 10.7. The highest BCUT2D eigenvalue weighted by molar-refractivity contribution is 5.87. The van der Waals surface area contributed by atoms with E-state index in [2.05, 4.69) is 4.98 Å². The zero-order chi connectivity index (χ0) is 16.5. The van der Waals surface area contributed by atoms with Gasteiger partial charge in [0.15, 0.2) is 5.58 Å². The fourth-order valence-corrected chi connectivity index (χ4v) is 1.80. The predicted octanol–water partition coefficient (Wildman–Crippen LogP) is 0.795. The molecule has 10 heteroatoms. The van der Waals surface area contributed by atoms with Crippen molar-refractivity contribution < 1.29 is 32.3 Å². The van der Waals surface area contributed by atoms with Gasteiger partial charge >= 0.3 is 23.8 Å². The Bertz CT molecular complexity index is 777. The molecule has 0 spiro atoms. The number of nitrogens with one attached hydrogen (secondary N) is 2. The van der Waals surface area contributed by atoms with E-state index in [1.54, 1.807) is 0 Å². The highest BCUT2D eigenvalue weighted by atomic mass is 19.4. The Morgan fingerprint density at radius 3 is 2.64 bits per heavy atom. The van der Waals surface area contributed by atoms with E-state index >= 15 is 0 Å². The van der Waals surface area contributed by atoms with E-state index in [1.165, 1.54) is 23.5 Å². The molecule has 1 aromatic carbocycles. The van der Waals surface area contributed by atoms with Gasteiger partial charge < -0.3 is 14.8 Å². The van der Waals surface area contributed by atoms with Crippen LogP contribution in [0.25, 0.3) is 11.1 Å². The number of aromatic amines is 1. The van der Waals surface area contributed by atoms with Gasteiger partial charge in [-0.1, -0.05) is 6.07 Å². The quantitative estimate of drug-likeness (QED) is 0.772. The van der Waals surface area contributed by atoms with Crippen LogP contribution in [0.3, 0.4) is 0 Å². The van der Waals surface area contributed by atoms with Gasteiger partial charge in [0.05, 0.1) is 5.52 Å². The number of hydrogen-bond acceptors (Lipinski definition) is 4. The highest BCUT2D eigenvalue weighted by Gasteiger charge is 2.40. The number of hydrogen-bond donors (Lipinski definition) is 3. The van der Waals surface area contributed by atoms with Gasteiger partial charge in [0.2, 0.25) is 0 Å². The summed E-state index contributed by atoms with van der Waals surface area (Å²) in [5.74, 6) is -4.66. The maximum Gasteiger partial charge on any atom is 0.471 e. The molecule has 1 heterocycles. The molecule has 1 aromatic heterocycles. The standard InChI is InChI=1S/C12H9F3N2O5/c13-12(14,15)10(20)16-7(9(18)19)4-5-1-2-8-6(3-5)17-11(21)22-8/h1-3,7H,4H2,(H,16,20)(H,17,21)(H,18,19)/t7-/m0/s1. The Kier molecular flexibility index (Phi) is 3.93. The highest BCUT2D eigenvalue weighted by Crippen LogP contribution is 2.17. The molecule has 3 N–H and O–H groups in total. The maximum atomic E-state index is 12.2. The van der Waals surface area contributed by atoms with Crippen LogP contribution in [0.15, 0.2) is 27.4 Å². The lowest BCUT2D eigenvalue weighted by atomic mass is 10.1. The van der Waals surface area contributed by atoms with Crippen molar-refractivity contribution in [3.63, 3.8) is 0 Å². The van der Waals surface area contributed by atoms with Crippen molar-refractivity contribution in [1.29, 1.82) is 0 Å². The van der Waals surface area contributed by atoms with E-state index in [0.717, 1.165) is 0 Å². The van der Waals surface area contributed by atoms with Gasteiger partial charge in [-0.15, -0.1) is 0 Å². The Hall–Kier alpha value is -2.78. The summed E-state index contributed by atoms with van der Waals surface area (Å²) >= 11 is 0. The number of aliphatic carboxylic acids is 1. The van der Waals surface area contributed by atoms with Crippen LogP contribution in [-0.4, -0.2) is 34.2 Å². The minimum Gasteiger partial charge on any atom is -0.480 e. The molecular formula is C12H9F3N2O5. The summed E-state index contributed by atoms with van der Waals surface area (Å²) in [7, 11) is 0. The molecule has 22 heavy (non-hydrogen) atoms. The largest absolute Gasteiger partial charge is 0.480 e. The van der Waals surface area contributed by atoms with E-state index < -0.39 is 29.9 Å². The summed E-state index contributed by atoms with van der Waals surface area (Å²) in [6, 6.07) is 2.35. The van der Waals surface area contributed by atoms with Crippen LogP contribution in [0.2, 0.25) is 0 Å². The normalized spacial score (nSPS) is 13.0. The molecule has 0 aliphatic carbocycles. The Morgan fingerprint density at radius 2 is 2.05 bits per heavy atom. The molecule has 0 fully saturated rings. The van der Waals surface area contributed by atoms with Gasteiger partial charge in [-0.05, 0) is 17.7 Å².